The van der Waals surface area contributed by atoms with Crippen molar-refractivity contribution in [1.29, 1.82) is 0 Å². The summed E-state index contributed by atoms with van der Waals surface area (Å²) in [6.07, 6.45) is 7.56. The lowest BCUT2D eigenvalue weighted by Gasteiger charge is -2.17. The molecule has 0 aliphatic rings. The molecule has 0 aliphatic carbocycles. The van der Waals surface area contributed by atoms with Gasteiger partial charge in [-0.15, -0.1) is 0 Å². The summed E-state index contributed by atoms with van der Waals surface area (Å²) in [5.74, 6) is 0. The third-order valence-electron chi connectivity index (χ3n) is 2.29. The van der Waals surface area contributed by atoms with E-state index >= 15 is 0 Å². The summed E-state index contributed by atoms with van der Waals surface area (Å²) >= 11 is 0. The third kappa shape index (κ3) is 6.59. The summed E-state index contributed by atoms with van der Waals surface area (Å²) < 4.78 is 0. The lowest BCUT2D eigenvalue weighted by Crippen LogP contribution is -2.24. The van der Waals surface area contributed by atoms with E-state index in [2.05, 4.69) is 43.9 Å². The molecule has 0 radical (unpaired) electrons. The highest BCUT2D eigenvalue weighted by Gasteiger charge is 1.97. The molecule has 0 amide bonds. The highest BCUT2D eigenvalue weighted by Crippen LogP contribution is 2.02. The summed E-state index contributed by atoms with van der Waals surface area (Å²) in [6.45, 7) is 12.2. The van der Waals surface area contributed by atoms with Gasteiger partial charge in [-0.05, 0) is 33.4 Å². The molecule has 0 rings (SSSR count). The van der Waals surface area contributed by atoms with Gasteiger partial charge in [-0.25, -0.2) is 0 Å². The summed E-state index contributed by atoms with van der Waals surface area (Å²) in [4.78, 5) is 2.45. The molecule has 0 bridgehead atoms. The second-order valence-electron chi connectivity index (χ2n) is 3.32. The third-order valence-corrected chi connectivity index (χ3v) is 2.29. The zero-order valence-electron chi connectivity index (χ0n) is 9.51. The van der Waals surface area contributed by atoms with Crippen LogP contribution < -0.4 is 0 Å². The predicted octanol–water partition coefficient (Wildman–Crippen LogP) is 3.24. The summed E-state index contributed by atoms with van der Waals surface area (Å²) in [7, 11) is 0. The molecule has 1 nitrogen and oxygen atoms in total. The Labute approximate surface area is 83.1 Å². The topological polar surface area (TPSA) is 3.24 Å². The molecule has 76 valence electrons. The molecule has 0 N–H and O–H groups in total. The second kappa shape index (κ2) is 8.06. The van der Waals surface area contributed by atoms with Gasteiger partial charge < -0.3 is 4.90 Å². The van der Waals surface area contributed by atoms with Gasteiger partial charge in [0.2, 0.25) is 0 Å². The van der Waals surface area contributed by atoms with Crippen LogP contribution in [-0.2, 0) is 0 Å². The quantitative estimate of drug-likeness (QED) is 0.569. The summed E-state index contributed by atoms with van der Waals surface area (Å²) in [5.41, 5.74) is 1.46. The Balaban J connectivity index is 3.73. The van der Waals surface area contributed by atoms with Gasteiger partial charge in [-0.1, -0.05) is 37.6 Å². The van der Waals surface area contributed by atoms with Gasteiger partial charge in [0.15, 0.2) is 0 Å². The molecule has 0 spiro atoms. The predicted molar refractivity (Wildman–Crippen MR) is 61.0 cm³/mol. The van der Waals surface area contributed by atoms with Crippen molar-refractivity contribution in [2.45, 2.75) is 34.1 Å². The highest BCUT2D eigenvalue weighted by atomic mass is 15.1. The number of hydrogen-bond donors (Lipinski definition) is 0. The van der Waals surface area contributed by atoms with E-state index in [-0.39, 0.29) is 0 Å². The highest BCUT2D eigenvalue weighted by molar-refractivity contribution is 5.09. The van der Waals surface area contributed by atoms with Crippen LogP contribution in [0.15, 0.2) is 23.8 Å². The molecule has 0 heterocycles. The van der Waals surface area contributed by atoms with Crippen molar-refractivity contribution in [2.75, 3.05) is 19.6 Å². The van der Waals surface area contributed by atoms with E-state index in [9.17, 15) is 0 Å². The Morgan fingerprint density at radius 1 is 1.23 bits per heavy atom. The Kier molecular flexibility index (Phi) is 7.71. The van der Waals surface area contributed by atoms with Gasteiger partial charge in [0, 0.05) is 6.54 Å². The maximum atomic E-state index is 2.45. The van der Waals surface area contributed by atoms with Crippen molar-refractivity contribution >= 4 is 0 Å². The first kappa shape index (κ1) is 12.4. The van der Waals surface area contributed by atoms with Gasteiger partial charge in [0.25, 0.3) is 0 Å². The molecule has 0 aromatic carbocycles. The van der Waals surface area contributed by atoms with E-state index < -0.39 is 0 Å². The fraction of sp³-hybridized carbons (Fsp3) is 0.667. The summed E-state index contributed by atoms with van der Waals surface area (Å²) in [6, 6.07) is 0. The number of rotatable bonds is 6. The van der Waals surface area contributed by atoms with Crippen LogP contribution in [0.25, 0.3) is 0 Å². The first-order valence-corrected chi connectivity index (χ1v) is 5.25. The summed E-state index contributed by atoms with van der Waals surface area (Å²) in [5, 5.41) is 0. The largest absolute Gasteiger partial charge is 0.304 e. The van der Waals surface area contributed by atoms with Crippen LogP contribution in [0.3, 0.4) is 0 Å². The SMILES string of the molecule is C/C=C\C=C(\C)CCN(CC)CC. The van der Waals surface area contributed by atoms with Crippen molar-refractivity contribution in [3.8, 4) is 0 Å². The molecule has 1 heteroatoms. The van der Waals surface area contributed by atoms with E-state index in [1.54, 1.807) is 0 Å². The Morgan fingerprint density at radius 2 is 1.85 bits per heavy atom. The molecule has 0 unspecified atom stereocenters. The zero-order valence-corrected chi connectivity index (χ0v) is 9.51. The van der Waals surface area contributed by atoms with Gasteiger partial charge in [0.05, 0.1) is 0 Å². The van der Waals surface area contributed by atoms with Crippen molar-refractivity contribution in [3.05, 3.63) is 23.8 Å². The van der Waals surface area contributed by atoms with Crippen LogP contribution in [0.5, 0.6) is 0 Å². The van der Waals surface area contributed by atoms with Crippen LogP contribution >= 0.6 is 0 Å². The second-order valence-corrected chi connectivity index (χ2v) is 3.32. The minimum Gasteiger partial charge on any atom is -0.304 e. The van der Waals surface area contributed by atoms with Crippen LogP contribution in [0.1, 0.15) is 34.1 Å². The average Bonchev–Trinajstić information content (AvgIpc) is 2.16. The van der Waals surface area contributed by atoms with Crippen LogP contribution in [0.4, 0.5) is 0 Å². The van der Waals surface area contributed by atoms with Crippen molar-refractivity contribution in [2.24, 2.45) is 0 Å². The van der Waals surface area contributed by atoms with Crippen molar-refractivity contribution in [3.63, 3.8) is 0 Å². The fourth-order valence-corrected chi connectivity index (χ4v) is 1.22. The van der Waals surface area contributed by atoms with Crippen LogP contribution in [0.2, 0.25) is 0 Å². The van der Waals surface area contributed by atoms with Crippen molar-refractivity contribution < 1.29 is 0 Å². The minimum absolute atomic E-state index is 1.16. The number of allylic oxidation sites excluding steroid dienone is 3. The molecule has 0 aromatic heterocycles. The molecule has 0 saturated heterocycles. The minimum atomic E-state index is 1.16. The number of hydrogen-bond acceptors (Lipinski definition) is 1. The van der Waals surface area contributed by atoms with Crippen LogP contribution in [0, 0.1) is 0 Å². The van der Waals surface area contributed by atoms with Crippen molar-refractivity contribution in [1.82, 2.24) is 4.90 Å². The molecule has 0 aliphatic heterocycles. The normalized spacial score (nSPS) is 13.2. The number of nitrogens with zero attached hydrogens (tertiary/aromatic N) is 1. The molecule has 0 saturated carbocycles. The first-order chi connectivity index (χ1) is 6.24. The maximum absolute atomic E-state index is 2.45. The van der Waals surface area contributed by atoms with Gasteiger partial charge >= 0.3 is 0 Å². The van der Waals surface area contributed by atoms with E-state index in [1.165, 1.54) is 18.5 Å². The van der Waals surface area contributed by atoms with E-state index in [0.29, 0.717) is 0 Å². The Morgan fingerprint density at radius 3 is 2.31 bits per heavy atom. The molecule has 0 fully saturated rings. The first-order valence-electron chi connectivity index (χ1n) is 5.25. The maximum Gasteiger partial charge on any atom is 0.00183 e. The zero-order chi connectivity index (χ0) is 10.1. The van der Waals surface area contributed by atoms with E-state index in [0.717, 1.165) is 13.1 Å². The monoisotopic (exact) mass is 181 g/mol. The van der Waals surface area contributed by atoms with Gasteiger partial charge in [-0.3, -0.25) is 0 Å². The standard InChI is InChI=1S/C12H23N/c1-5-8-9-12(4)10-11-13(6-2)7-3/h5,8-9H,6-7,10-11H2,1-4H3/b8-5-,12-9-. The van der Waals surface area contributed by atoms with E-state index in [1.807, 2.05) is 6.92 Å². The smallest absolute Gasteiger partial charge is 0.00183 e. The molecule has 0 atom stereocenters. The van der Waals surface area contributed by atoms with Gasteiger partial charge in [0.1, 0.15) is 0 Å². The fourth-order valence-electron chi connectivity index (χ4n) is 1.22. The molecule has 0 aromatic rings. The lowest BCUT2D eigenvalue weighted by molar-refractivity contribution is 0.307. The molecular weight excluding hydrogens is 158 g/mol. The lowest BCUT2D eigenvalue weighted by atomic mass is 10.2. The Bertz CT molecular complexity index is 164. The van der Waals surface area contributed by atoms with E-state index in [4.69, 9.17) is 0 Å². The Hall–Kier alpha value is -0.560. The van der Waals surface area contributed by atoms with Crippen LogP contribution in [-0.4, -0.2) is 24.5 Å². The molecular formula is C12H23N. The molecule has 13 heavy (non-hydrogen) atoms. The average molecular weight is 181 g/mol. The van der Waals surface area contributed by atoms with Gasteiger partial charge in [-0.2, -0.15) is 0 Å².